The van der Waals surface area contributed by atoms with Crippen molar-refractivity contribution >= 4 is 40.5 Å². The number of likely N-dealkylation sites (tertiary alicyclic amines) is 1. The molecule has 6 aromatic rings. The number of hydrogen-bond donors (Lipinski definition) is 2. The average Bonchev–Trinajstić information content (AvgIpc) is 0.853. The fourth-order valence-electron chi connectivity index (χ4n) is 14.1. The van der Waals surface area contributed by atoms with E-state index in [9.17, 15) is 36.7 Å². The Kier molecular flexibility index (Phi) is 24.2. The van der Waals surface area contributed by atoms with Gasteiger partial charge in [0.25, 0.3) is 17.7 Å². The number of hydrogen-bond acceptors (Lipinski definition) is 13. The van der Waals surface area contributed by atoms with Crippen LogP contribution in [0, 0.1) is 5.92 Å². The van der Waals surface area contributed by atoms with E-state index < -0.39 is 30.0 Å². The molecule has 2 N–H and O–H groups in total. The molecule has 7 aliphatic rings. The highest BCUT2D eigenvalue weighted by molar-refractivity contribution is 5.97. The summed E-state index contributed by atoms with van der Waals surface area (Å²) in [4.78, 5) is 57.9. The fraction of sp³-hybridized carbons (Fsp3) is 0.446. The normalized spacial score (nSPS) is 17.3. The second kappa shape index (κ2) is 33.2. The summed E-state index contributed by atoms with van der Waals surface area (Å²) in [5, 5.41) is 6.79. The predicted octanol–water partition coefficient (Wildman–Crippen LogP) is 16.0. The van der Waals surface area contributed by atoms with Gasteiger partial charge in [-0.3, -0.25) is 14.4 Å². The van der Waals surface area contributed by atoms with E-state index in [2.05, 4.69) is 68.7 Å². The monoisotopic (exact) mass is 1430 g/mol. The fourth-order valence-corrected chi connectivity index (χ4v) is 14.1. The zero-order chi connectivity index (χ0) is 73.9. The maximum absolute atomic E-state index is 12.9. The number of ether oxygens (including phenoxy) is 7. The summed E-state index contributed by atoms with van der Waals surface area (Å²) in [6.45, 7) is 20.6. The standard InChI is InChI=1S/C30H36F2N2O5.C28H34N2O3.C25H28F2N2O3/c1-6-33(7-2)26(35)21-10-8-20(9-11-21)24-19-30(14-16-34(17-15-30)28(36)39-29(3,4)5)38-25-18-22(37-27(31)32)12-13-23(24)25;1-3-30(4-2)27(31)22-9-7-21(8-10-22)25-18-28(13-15-29-16-14-28)33-26-17-23(11-12-24(25)26)32-19-20-5-6-20;1-3-29(4-2)23(30)18-7-5-17(6-8-18)21-16-25(11-13-28-14-12-25)32-22-15-19(31-24(26)27)9-10-20(21)22/h8-13,18-19,27H,6-7,14-17H2,1-5H3;7-12,17-18,20,29H,3-6,13-16,19H2,1-2H3;5-10,15-16,24,28H,3-4,11-14H2,1-2H3. The van der Waals surface area contributed by atoms with Gasteiger partial charge in [-0.1, -0.05) is 36.4 Å². The van der Waals surface area contributed by atoms with E-state index in [-0.39, 0.29) is 40.9 Å². The summed E-state index contributed by atoms with van der Waals surface area (Å²) in [5.74, 6) is 3.59. The van der Waals surface area contributed by atoms with E-state index in [1.807, 2.05) is 116 Å². The zero-order valence-electron chi connectivity index (χ0n) is 61.2. The number of alkyl halides is 4. The molecule has 6 heterocycles. The van der Waals surface area contributed by atoms with E-state index in [0.29, 0.717) is 93.7 Å². The highest BCUT2D eigenvalue weighted by Gasteiger charge is 2.43. The molecule has 3 spiro atoms. The summed E-state index contributed by atoms with van der Waals surface area (Å²) in [6, 6.07) is 38.7. The molecule has 13 rings (SSSR count). The van der Waals surface area contributed by atoms with Gasteiger partial charge in [-0.2, -0.15) is 17.6 Å². The third-order valence-corrected chi connectivity index (χ3v) is 20.2. The number of nitrogens with zero attached hydrogens (tertiary/aromatic N) is 4. The van der Waals surface area contributed by atoms with E-state index in [4.69, 9.17) is 23.7 Å². The average molecular weight is 1430 g/mol. The number of amides is 4. The van der Waals surface area contributed by atoms with Crippen molar-refractivity contribution in [2.24, 2.45) is 5.92 Å². The molecular weight excluding hydrogens is 1330 g/mol. The minimum absolute atomic E-state index is 0.00603. The molecule has 4 fully saturated rings. The quantitative estimate of drug-likeness (QED) is 0.0735. The van der Waals surface area contributed by atoms with Crippen LogP contribution in [0.25, 0.3) is 16.7 Å². The maximum atomic E-state index is 12.9. The number of fused-ring (bicyclic) bond motifs is 3. The smallest absolute Gasteiger partial charge is 0.410 e. The Morgan fingerprint density at radius 2 is 0.788 bits per heavy atom. The first kappa shape index (κ1) is 75.8. The lowest BCUT2D eigenvalue weighted by Gasteiger charge is -2.43. The van der Waals surface area contributed by atoms with Crippen LogP contribution in [-0.2, 0) is 4.74 Å². The van der Waals surface area contributed by atoms with Gasteiger partial charge in [-0.05, 0) is 232 Å². The number of halogens is 4. The van der Waals surface area contributed by atoms with E-state index in [0.717, 1.165) is 120 Å². The number of piperidine rings is 3. The van der Waals surface area contributed by atoms with Crippen LogP contribution in [-0.4, -0.2) is 164 Å². The number of benzene rings is 6. The highest BCUT2D eigenvalue weighted by atomic mass is 19.3. The van der Waals surface area contributed by atoms with Gasteiger partial charge < -0.3 is 63.4 Å². The largest absolute Gasteiger partial charge is 0.493 e. The molecular formula is C83H98F4N6O11. The Labute approximate surface area is 608 Å². The summed E-state index contributed by atoms with van der Waals surface area (Å²) in [6.07, 6.45) is 13.1. The Morgan fingerprint density at radius 3 is 1.10 bits per heavy atom. The summed E-state index contributed by atoms with van der Waals surface area (Å²) in [7, 11) is 0. The lowest BCUT2D eigenvalue weighted by Crippen LogP contribution is -2.50. The molecule has 17 nitrogen and oxygen atoms in total. The lowest BCUT2D eigenvalue weighted by atomic mass is 9.83. The topological polar surface area (TPSA) is 170 Å². The first-order valence-corrected chi connectivity index (χ1v) is 36.8. The number of carbonyl (C=O) groups is 4. The Bertz CT molecular complexity index is 4080. The van der Waals surface area contributed by atoms with Gasteiger partial charge in [0.1, 0.15) is 56.9 Å². The Morgan fingerprint density at radius 1 is 0.471 bits per heavy atom. The molecule has 0 radical (unpaired) electrons. The number of rotatable bonds is 19. The summed E-state index contributed by atoms with van der Waals surface area (Å²) < 4.78 is 91.6. The second-order valence-electron chi connectivity index (χ2n) is 28.3. The lowest BCUT2D eigenvalue weighted by molar-refractivity contribution is -0.0508. The number of carbonyl (C=O) groups excluding carboxylic acids is 4. The van der Waals surface area contributed by atoms with E-state index in [1.165, 1.54) is 42.7 Å². The van der Waals surface area contributed by atoms with Crippen molar-refractivity contribution in [1.29, 1.82) is 0 Å². The van der Waals surface area contributed by atoms with Crippen molar-refractivity contribution in [3.05, 3.63) is 196 Å². The molecule has 6 aliphatic heterocycles. The molecule has 0 bridgehead atoms. The molecule has 0 atom stereocenters. The van der Waals surface area contributed by atoms with Crippen molar-refractivity contribution in [3.8, 4) is 34.5 Å². The summed E-state index contributed by atoms with van der Waals surface area (Å²) in [5.41, 5.74) is 8.39. The van der Waals surface area contributed by atoms with Gasteiger partial charge in [-0.15, -0.1) is 0 Å². The van der Waals surface area contributed by atoms with Gasteiger partial charge >= 0.3 is 19.3 Å². The van der Waals surface area contributed by atoms with Crippen LogP contribution in [0.3, 0.4) is 0 Å². The molecule has 0 aromatic heterocycles. The molecule has 3 saturated heterocycles. The van der Waals surface area contributed by atoms with Crippen molar-refractivity contribution in [2.45, 2.75) is 149 Å². The predicted molar refractivity (Wildman–Crippen MR) is 394 cm³/mol. The Hall–Kier alpha value is -9.34. The molecule has 554 valence electrons. The van der Waals surface area contributed by atoms with E-state index in [1.54, 1.807) is 39.0 Å². The molecule has 6 aromatic carbocycles. The van der Waals surface area contributed by atoms with Gasteiger partial charge in [0, 0.05) is 142 Å². The van der Waals surface area contributed by atoms with Crippen molar-refractivity contribution in [2.75, 3.05) is 85.1 Å². The second-order valence-corrected chi connectivity index (χ2v) is 28.3. The number of nitrogens with one attached hydrogen (secondary N) is 2. The third-order valence-electron chi connectivity index (χ3n) is 20.2. The van der Waals surface area contributed by atoms with Gasteiger partial charge in [0.2, 0.25) is 0 Å². The molecule has 4 amide bonds. The van der Waals surface area contributed by atoms with Gasteiger partial charge in [0.05, 0.1) is 6.61 Å². The molecule has 21 heteroatoms. The highest BCUT2D eigenvalue weighted by Crippen LogP contribution is 2.48. The van der Waals surface area contributed by atoms with Crippen molar-refractivity contribution in [3.63, 3.8) is 0 Å². The van der Waals surface area contributed by atoms with Crippen LogP contribution < -0.4 is 39.1 Å². The van der Waals surface area contributed by atoms with Crippen LogP contribution >= 0.6 is 0 Å². The minimum Gasteiger partial charge on any atom is -0.493 e. The SMILES string of the molecule is CCN(CC)C(=O)c1ccc(C2=CC3(CCN(C(=O)OC(C)(C)C)CC3)Oc3cc(OC(F)F)ccc32)cc1.CCN(CC)C(=O)c1ccc(C2=CC3(CCNCC3)Oc3cc(OC(F)F)ccc32)cc1.CCN(CC)C(=O)c1ccc(C2=CC3(CCNCC3)Oc3cc(OCC4CC4)ccc32)cc1. The third kappa shape index (κ3) is 18.2. The van der Waals surface area contributed by atoms with Crippen LogP contribution in [0.5, 0.6) is 34.5 Å². The molecule has 104 heavy (non-hydrogen) atoms. The van der Waals surface area contributed by atoms with Gasteiger partial charge in [0.15, 0.2) is 0 Å². The van der Waals surface area contributed by atoms with Crippen LogP contribution in [0.2, 0.25) is 0 Å². The maximum Gasteiger partial charge on any atom is 0.410 e. The van der Waals surface area contributed by atoms with Crippen LogP contribution in [0.1, 0.15) is 178 Å². The van der Waals surface area contributed by atoms with Crippen LogP contribution in [0.4, 0.5) is 22.4 Å². The van der Waals surface area contributed by atoms with E-state index >= 15 is 0 Å². The summed E-state index contributed by atoms with van der Waals surface area (Å²) >= 11 is 0. The molecule has 1 aliphatic carbocycles. The van der Waals surface area contributed by atoms with Crippen LogP contribution in [0.15, 0.2) is 146 Å². The molecule has 1 saturated carbocycles. The molecule has 0 unspecified atom stereocenters. The van der Waals surface area contributed by atoms with Gasteiger partial charge in [-0.25, -0.2) is 4.79 Å². The zero-order valence-corrected chi connectivity index (χ0v) is 61.2. The first-order chi connectivity index (χ1) is 50.0. The van der Waals surface area contributed by atoms with Crippen molar-refractivity contribution in [1.82, 2.24) is 30.2 Å². The Balaban J connectivity index is 0.000000157. The minimum atomic E-state index is -2.96. The first-order valence-electron chi connectivity index (χ1n) is 36.8. The van der Waals surface area contributed by atoms with Crippen molar-refractivity contribution < 1.29 is 69.9 Å².